The van der Waals surface area contributed by atoms with Gasteiger partial charge in [-0.1, -0.05) is 0 Å². The second kappa shape index (κ2) is 6.17. The quantitative estimate of drug-likeness (QED) is 0.896. The first kappa shape index (κ1) is 16.0. The fourth-order valence-corrected chi connectivity index (χ4v) is 3.36. The van der Waals surface area contributed by atoms with E-state index in [9.17, 15) is 18.0 Å². The zero-order chi connectivity index (χ0) is 15.5. The van der Waals surface area contributed by atoms with E-state index in [2.05, 4.69) is 22.7 Å². The van der Waals surface area contributed by atoms with Gasteiger partial charge in [0.25, 0.3) is 0 Å². The number of hydrogen-bond donors (Lipinski definition) is 2. The van der Waals surface area contributed by atoms with E-state index < -0.39 is 18.8 Å². The second-order valence-electron chi connectivity index (χ2n) is 5.25. The number of nitrogens with zero attached hydrogens (tertiary/aromatic N) is 2. The number of urea groups is 1. The predicted molar refractivity (Wildman–Crippen MR) is 75.4 cm³/mol. The third-order valence-corrected chi connectivity index (χ3v) is 4.69. The summed E-state index contributed by atoms with van der Waals surface area (Å²) in [5.41, 5.74) is 0.237. The minimum atomic E-state index is -4.33. The van der Waals surface area contributed by atoms with Crippen LogP contribution in [0, 0.1) is 0 Å². The molecule has 2 N–H and O–H groups in total. The first-order valence-electron chi connectivity index (χ1n) is 6.54. The second-order valence-corrected chi connectivity index (χ2v) is 6.93. The van der Waals surface area contributed by atoms with Gasteiger partial charge in [-0.2, -0.15) is 30.0 Å². The molecule has 1 aromatic heterocycles. The van der Waals surface area contributed by atoms with Crippen molar-refractivity contribution in [2.24, 2.45) is 0 Å². The molecule has 2 heterocycles. The first-order chi connectivity index (χ1) is 9.76. The van der Waals surface area contributed by atoms with Gasteiger partial charge < -0.3 is 10.6 Å². The Morgan fingerprint density at radius 1 is 1.57 bits per heavy atom. The molecule has 0 aromatic carbocycles. The molecule has 21 heavy (non-hydrogen) atoms. The summed E-state index contributed by atoms with van der Waals surface area (Å²) in [5.74, 6) is 1.09. The third-order valence-electron chi connectivity index (χ3n) is 3.16. The van der Waals surface area contributed by atoms with Crippen molar-refractivity contribution in [2.45, 2.75) is 37.2 Å². The van der Waals surface area contributed by atoms with Crippen molar-refractivity contribution in [1.29, 1.82) is 0 Å². The number of halogens is 3. The Balaban J connectivity index is 1.80. The minimum absolute atomic E-state index is 0.0395. The average molecular weight is 322 g/mol. The Labute approximate surface area is 124 Å². The maximum atomic E-state index is 12.2. The lowest BCUT2D eigenvalue weighted by atomic mass is 10.1. The summed E-state index contributed by atoms with van der Waals surface area (Å²) in [6, 6.07) is -0.435. The largest absolute Gasteiger partial charge is 0.408 e. The number of anilines is 1. The normalized spacial score (nSPS) is 22.3. The maximum absolute atomic E-state index is 12.2. The zero-order valence-corrected chi connectivity index (χ0v) is 12.4. The van der Waals surface area contributed by atoms with Crippen LogP contribution in [0.1, 0.15) is 19.8 Å². The van der Waals surface area contributed by atoms with Crippen molar-refractivity contribution < 1.29 is 18.0 Å². The van der Waals surface area contributed by atoms with E-state index in [-0.39, 0.29) is 10.4 Å². The van der Waals surface area contributed by atoms with Crippen LogP contribution >= 0.6 is 11.8 Å². The van der Waals surface area contributed by atoms with E-state index >= 15 is 0 Å². The minimum Gasteiger partial charge on any atom is -0.336 e. The molecule has 5 nitrogen and oxygen atoms in total. The molecule has 2 amide bonds. The van der Waals surface area contributed by atoms with Crippen molar-refractivity contribution in [3.8, 4) is 0 Å². The van der Waals surface area contributed by atoms with Gasteiger partial charge in [0, 0.05) is 17.5 Å². The van der Waals surface area contributed by atoms with Gasteiger partial charge in [0.05, 0.1) is 11.9 Å². The predicted octanol–water partition coefficient (Wildman–Crippen LogP) is 2.85. The van der Waals surface area contributed by atoms with E-state index in [4.69, 9.17) is 0 Å². The summed E-state index contributed by atoms with van der Waals surface area (Å²) in [6.45, 7) is 1.44. The maximum Gasteiger partial charge on any atom is 0.408 e. The molecule has 1 aliphatic heterocycles. The lowest BCUT2D eigenvalue weighted by Crippen LogP contribution is -2.39. The molecule has 1 atom stereocenters. The van der Waals surface area contributed by atoms with E-state index in [0.29, 0.717) is 6.54 Å². The summed E-state index contributed by atoms with van der Waals surface area (Å²) in [7, 11) is 0. The Morgan fingerprint density at radius 2 is 2.33 bits per heavy atom. The summed E-state index contributed by atoms with van der Waals surface area (Å²) in [6.07, 6.45) is 0.187. The van der Waals surface area contributed by atoms with Gasteiger partial charge in [-0.3, -0.25) is 4.68 Å². The number of carbonyl (C=O) groups is 1. The summed E-state index contributed by atoms with van der Waals surface area (Å²) < 4.78 is 37.3. The Kier molecular flexibility index (Phi) is 4.70. The summed E-state index contributed by atoms with van der Waals surface area (Å²) in [5, 5.41) is 8.78. The molecule has 118 valence electrons. The molecule has 9 heteroatoms. The van der Waals surface area contributed by atoms with Crippen molar-refractivity contribution in [3.05, 3.63) is 12.4 Å². The number of alkyl halides is 3. The Morgan fingerprint density at radius 3 is 2.95 bits per heavy atom. The third kappa shape index (κ3) is 5.14. The smallest absolute Gasteiger partial charge is 0.336 e. The van der Waals surface area contributed by atoms with Crippen LogP contribution in [-0.2, 0) is 6.54 Å². The highest BCUT2D eigenvalue weighted by Gasteiger charge is 2.30. The van der Waals surface area contributed by atoms with Crippen LogP contribution in [0.3, 0.4) is 0 Å². The molecule has 0 spiro atoms. The van der Waals surface area contributed by atoms with E-state index in [1.165, 1.54) is 6.20 Å². The van der Waals surface area contributed by atoms with Gasteiger partial charge in [-0.25, -0.2) is 4.79 Å². The number of rotatable bonds is 4. The zero-order valence-electron chi connectivity index (χ0n) is 11.5. The van der Waals surface area contributed by atoms with Crippen molar-refractivity contribution in [3.63, 3.8) is 0 Å². The molecule has 2 rings (SSSR count). The van der Waals surface area contributed by atoms with Gasteiger partial charge >= 0.3 is 12.2 Å². The molecule has 0 saturated carbocycles. The highest BCUT2D eigenvalue weighted by molar-refractivity contribution is 8.00. The number of carbonyl (C=O) groups excluding carboxylic acids is 1. The molecule has 1 aliphatic rings. The van der Waals surface area contributed by atoms with Gasteiger partial charge in [-0.05, 0) is 25.5 Å². The average Bonchev–Trinajstić information content (AvgIpc) is 2.95. The standard InChI is InChI=1S/C12H17F3N4OS/c1-11(3-2-4-21-11)7-16-10(20)18-9-5-17-19(6-9)8-12(13,14)15/h5-6H,2-4,7-8H2,1H3,(H2,16,18,20)/t11-/m1/s1. The fourth-order valence-electron chi connectivity index (χ4n) is 2.12. The SMILES string of the molecule is C[C@]1(CNC(=O)Nc2cnn(CC(F)(F)F)c2)CCCS1. The monoisotopic (exact) mass is 322 g/mol. The topological polar surface area (TPSA) is 59.0 Å². The van der Waals surface area contributed by atoms with Crippen molar-refractivity contribution in [1.82, 2.24) is 15.1 Å². The van der Waals surface area contributed by atoms with Gasteiger partial charge in [0.1, 0.15) is 6.54 Å². The highest BCUT2D eigenvalue weighted by atomic mass is 32.2. The molecule has 0 bridgehead atoms. The van der Waals surface area contributed by atoms with Crippen LogP contribution in [0.15, 0.2) is 12.4 Å². The highest BCUT2D eigenvalue weighted by Crippen LogP contribution is 2.36. The molecule has 1 fully saturated rings. The van der Waals surface area contributed by atoms with Crippen LogP contribution in [0.2, 0.25) is 0 Å². The Bertz CT molecular complexity index is 497. The van der Waals surface area contributed by atoms with Crippen LogP contribution in [0.5, 0.6) is 0 Å². The van der Waals surface area contributed by atoms with Gasteiger partial charge in [0.2, 0.25) is 0 Å². The molecule has 1 aromatic rings. The van der Waals surface area contributed by atoms with E-state index in [1.807, 2.05) is 11.8 Å². The first-order valence-corrected chi connectivity index (χ1v) is 7.52. The lowest BCUT2D eigenvalue weighted by molar-refractivity contribution is -0.142. The number of aromatic nitrogens is 2. The number of thioether (sulfide) groups is 1. The molecular weight excluding hydrogens is 305 g/mol. The van der Waals surface area contributed by atoms with Crippen molar-refractivity contribution in [2.75, 3.05) is 17.6 Å². The van der Waals surface area contributed by atoms with Crippen LogP contribution in [0.25, 0.3) is 0 Å². The molecule has 0 radical (unpaired) electrons. The van der Waals surface area contributed by atoms with Gasteiger partial charge in [-0.15, -0.1) is 0 Å². The molecule has 0 aliphatic carbocycles. The molecule has 0 unspecified atom stereocenters. The number of nitrogens with one attached hydrogen (secondary N) is 2. The summed E-state index contributed by atoms with van der Waals surface area (Å²) in [4.78, 5) is 11.7. The lowest BCUT2D eigenvalue weighted by Gasteiger charge is -2.22. The van der Waals surface area contributed by atoms with Gasteiger partial charge in [0.15, 0.2) is 0 Å². The number of hydrogen-bond acceptors (Lipinski definition) is 3. The fraction of sp³-hybridized carbons (Fsp3) is 0.667. The van der Waals surface area contributed by atoms with E-state index in [0.717, 1.165) is 29.5 Å². The van der Waals surface area contributed by atoms with Crippen LogP contribution < -0.4 is 10.6 Å². The number of amides is 2. The Hall–Kier alpha value is -1.38. The summed E-state index contributed by atoms with van der Waals surface area (Å²) >= 11 is 1.82. The van der Waals surface area contributed by atoms with Crippen molar-refractivity contribution >= 4 is 23.5 Å². The molecule has 1 saturated heterocycles. The molecular formula is C12H17F3N4OS. The van der Waals surface area contributed by atoms with E-state index in [1.54, 1.807) is 0 Å². The van der Waals surface area contributed by atoms with Crippen LogP contribution in [0.4, 0.5) is 23.7 Å². The van der Waals surface area contributed by atoms with Crippen LogP contribution in [-0.4, -0.2) is 39.0 Å².